The quantitative estimate of drug-likeness (QED) is 0.478. The minimum atomic E-state index is -1.02. The van der Waals surface area contributed by atoms with Crippen LogP contribution in [0.5, 0.6) is 11.5 Å². The van der Waals surface area contributed by atoms with Gasteiger partial charge in [0.15, 0.2) is 0 Å². The van der Waals surface area contributed by atoms with Crippen molar-refractivity contribution >= 4 is 39.9 Å². The molecule has 21 heavy (non-hydrogen) atoms. The maximum absolute atomic E-state index is 12.2. The van der Waals surface area contributed by atoms with Crippen molar-refractivity contribution in [3.8, 4) is 11.5 Å². The van der Waals surface area contributed by atoms with E-state index in [9.17, 15) is 4.79 Å². The zero-order chi connectivity index (χ0) is 15.3. The molecule has 0 bridgehead atoms. The second-order valence-electron chi connectivity index (χ2n) is 5.48. The normalized spacial score (nSPS) is 22.9. The van der Waals surface area contributed by atoms with Gasteiger partial charge in [0, 0.05) is 6.42 Å². The Bertz CT molecular complexity index is 727. The SMILES string of the molecule is COc1ccc2ccc(OC(=O)C3(C)CC3(Cl)Cl)cc2c1. The molecule has 1 aliphatic rings. The van der Waals surface area contributed by atoms with Crippen LogP contribution >= 0.6 is 23.2 Å². The van der Waals surface area contributed by atoms with E-state index in [0.717, 1.165) is 16.5 Å². The van der Waals surface area contributed by atoms with Crippen LogP contribution in [0, 0.1) is 5.41 Å². The van der Waals surface area contributed by atoms with Crippen molar-refractivity contribution in [1.82, 2.24) is 0 Å². The smallest absolute Gasteiger partial charge is 0.320 e. The molecule has 1 fully saturated rings. The molecule has 1 saturated carbocycles. The first kappa shape index (κ1) is 14.5. The average Bonchev–Trinajstić information content (AvgIpc) is 2.98. The number of esters is 1. The maximum atomic E-state index is 12.2. The number of hydrogen-bond donors (Lipinski definition) is 0. The number of carbonyl (C=O) groups excluding carboxylic acids is 1. The number of hydrogen-bond acceptors (Lipinski definition) is 3. The Labute approximate surface area is 132 Å². The van der Waals surface area contributed by atoms with Crippen molar-refractivity contribution in [2.45, 2.75) is 17.7 Å². The summed E-state index contributed by atoms with van der Waals surface area (Å²) in [6.45, 7) is 1.71. The van der Waals surface area contributed by atoms with Gasteiger partial charge >= 0.3 is 5.97 Å². The Morgan fingerprint density at radius 3 is 2.24 bits per heavy atom. The highest BCUT2D eigenvalue weighted by Crippen LogP contribution is 2.64. The van der Waals surface area contributed by atoms with Gasteiger partial charge in [-0.2, -0.15) is 0 Å². The zero-order valence-corrected chi connectivity index (χ0v) is 13.2. The molecule has 2 aromatic rings. The summed E-state index contributed by atoms with van der Waals surface area (Å²) in [5.41, 5.74) is -0.834. The molecule has 0 saturated heterocycles. The van der Waals surface area contributed by atoms with Crippen molar-refractivity contribution in [2.75, 3.05) is 7.11 Å². The number of rotatable bonds is 3. The predicted octanol–water partition coefficient (Wildman–Crippen LogP) is 4.34. The lowest BCUT2D eigenvalue weighted by Gasteiger charge is -2.12. The lowest BCUT2D eigenvalue weighted by atomic mass is 10.1. The molecule has 1 aliphatic carbocycles. The summed E-state index contributed by atoms with van der Waals surface area (Å²) in [5.74, 6) is 0.813. The Morgan fingerprint density at radius 1 is 1.10 bits per heavy atom. The second-order valence-corrected chi connectivity index (χ2v) is 6.96. The summed E-state index contributed by atoms with van der Waals surface area (Å²) in [4.78, 5) is 12.2. The summed E-state index contributed by atoms with van der Waals surface area (Å²) in [5, 5.41) is 1.97. The fourth-order valence-corrected chi connectivity index (χ4v) is 2.92. The first-order chi connectivity index (χ1) is 9.85. The van der Waals surface area contributed by atoms with Gasteiger partial charge in [0.2, 0.25) is 0 Å². The van der Waals surface area contributed by atoms with Gasteiger partial charge in [-0.1, -0.05) is 12.1 Å². The fourth-order valence-electron chi connectivity index (χ4n) is 2.23. The molecular formula is C16H14Cl2O3. The third kappa shape index (κ3) is 2.45. The van der Waals surface area contributed by atoms with Gasteiger partial charge in [0.1, 0.15) is 21.2 Å². The monoisotopic (exact) mass is 324 g/mol. The summed E-state index contributed by atoms with van der Waals surface area (Å²) in [6, 6.07) is 11.2. The van der Waals surface area contributed by atoms with E-state index in [-0.39, 0.29) is 0 Å². The summed E-state index contributed by atoms with van der Waals surface area (Å²) < 4.78 is 9.58. The zero-order valence-electron chi connectivity index (χ0n) is 11.7. The van der Waals surface area contributed by atoms with E-state index >= 15 is 0 Å². The molecule has 3 rings (SSSR count). The Kier molecular flexibility index (Phi) is 3.30. The van der Waals surface area contributed by atoms with E-state index in [1.54, 1.807) is 26.2 Å². The first-order valence-corrected chi connectivity index (χ1v) is 7.29. The lowest BCUT2D eigenvalue weighted by molar-refractivity contribution is -0.139. The molecule has 0 spiro atoms. The van der Waals surface area contributed by atoms with E-state index in [1.807, 2.05) is 24.3 Å². The second kappa shape index (κ2) is 4.79. The molecule has 0 N–H and O–H groups in total. The standard InChI is InChI=1S/C16H14Cl2O3/c1-15(9-16(15,17)18)14(19)21-13-6-4-10-3-5-12(20-2)7-11(10)8-13/h3-8H,9H2,1-2H3. The predicted molar refractivity (Wildman–Crippen MR) is 83.3 cm³/mol. The summed E-state index contributed by atoms with van der Waals surface area (Å²) in [6.07, 6.45) is 0.406. The third-order valence-corrected chi connectivity index (χ3v) is 5.04. The number of halogens is 2. The van der Waals surface area contributed by atoms with E-state index in [0.29, 0.717) is 12.2 Å². The number of ether oxygens (including phenoxy) is 2. The van der Waals surface area contributed by atoms with Gasteiger partial charge in [-0.3, -0.25) is 4.79 Å². The largest absolute Gasteiger partial charge is 0.497 e. The number of carbonyl (C=O) groups is 1. The maximum Gasteiger partial charge on any atom is 0.320 e. The van der Waals surface area contributed by atoms with Gasteiger partial charge in [-0.05, 0) is 42.0 Å². The van der Waals surface area contributed by atoms with Crippen molar-refractivity contribution < 1.29 is 14.3 Å². The molecule has 3 nitrogen and oxygen atoms in total. The summed E-state index contributed by atoms with van der Waals surface area (Å²) >= 11 is 12.0. The van der Waals surface area contributed by atoms with Crippen LogP contribution in [0.3, 0.4) is 0 Å². The molecule has 0 aliphatic heterocycles. The molecule has 0 amide bonds. The highest BCUT2D eigenvalue weighted by molar-refractivity contribution is 6.53. The highest BCUT2D eigenvalue weighted by atomic mass is 35.5. The Morgan fingerprint density at radius 2 is 1.67 bits per heavy atom. The van der Waals surface area contributed by atoms with Gasteiger partial charge in [-0.15, -0.1) is 23.2 Å². The van der Waals surface area contributed by atoms with Crippen molar-refractivity contribution in [3.05, 3.63) is 36.4 Å². The number of alkyl halides is 2. The van der Waals surface area contributed by atoms with E-state index in [4.69, 9.17) is 32.7 Å². The van der Waals surface area contributed by atoms with Crippen molar-refractivity contribution in [1.29, 1.82) is 0 Å². The van der Waals surface area contributed by atoms with Gasteiger partial charge in [-0.25, -0.2) is 0 Å². The molecule has 2 aromatic carbocycles. The minimum Gasteiger partial charge on any atom is -0.497 e. The van der Waals surface area contributed by atoms with Gasteiger partial charge in [0.25, 0.3) is 0 Å². The fraction of sp³-hybridized carbons (Fsp3) is 0.312. The van der Waals surface area contributed by atoms with E-state index in [2.05, 4.69) is 0 Å². The molecule has 0 heterocycles. The lowest BCUT2D eigenvalue weighted by Crippen LogP contribution is -2.23. The Hall–Kier alpha value is -1.45. The van der Waals surface area contributed by atoms with Crippen LogP contribution in [0.25, 0.3) is 10.8 Å². The molecule has 0 aromatic heterocycles. The van der Waals surface area contributed by atoms with E-state index in [1.165, 1.54) is 0 Å². The number of methoxy groups -OCH3 is 1. The van der Waals surface area contributed by atoms with E-state index < -0.39 is 15.7 Å². The summed E-state index contributed by atoms with van der Waals surface area (Å²) in [7, 11) is 1.61. The molecular weight excluding hydrogens is 311 g/mol. The molecule has 1 atom stereocenters. The van der Waals surface area contributed by atoms with Crippen molar-refractivity contribution in [2.24, 2.45) is 5.41 Å². The van der Waals surface area contributed by atoms with Crippen LogP contribution in [0.2, 0.25) is 0 Å². The van der Waals surface area contributed by atoms with Crippen LogP contribution in [-0.4, -0.2) is 17.4 Å². The highest BCUT2D eigenvalue weighted by Gasteiger charge is 2.69. The topological polar surface area (TPSA) is 35.5 Å². The first-order valence-electron chi connectivity index (χ1n) is 6.54. The van der Waals surface area contributed by atoms with Crippen molar-refractivity contribution in [3.63, 3.8) is 0 Å². The molecule has 110 valence electrons. The van der Waals surface area contributed by atoms with Gasteiger partial charge in [0.05, 0.1) is 7.11 Å². The number of benzene rings is 2. The average molecular weight is 325 g/mol. The van der Waals surface area contributed by atoms with Crippen LogP contribution in [0.4, 0.5) is 0 Å². The van der Waals surface area contributed by atoms with Crippen LogP contribution in [0.1, 0.15) is 13.3 Å². The molecule has 0 radical (unpaired) electrons. The third-order valence-electron chi connectivity index (χ3n) is 3.94. The van der Waals surface area contributed by atoms with Crippen LogP contribution < -0.4 is 9.47 Å². The minimum absolute atomic E-state index is 0.406. The molecule has 1 unspecified atom stereocenters. The molecule has 5 heteroatoms. The van der Waals surface area contributed by atoms with Gasteiger partial charge < -0.3 is 9.47 Å². The Balaban J connectivity index is 1.86. The number of fused-ring (bicyclic) bond motifs is 1. The van der Waals surface area contributed by atoms with Crippen LogP contribution in [-0.2, 0) is 4.79 Å². The van der Waals surface area contributed by atoms with Crippen LogP contribution in [0.15, 0.2) is 36.4 Å².